The first-order chi connectivity index (χ1) is 9.78. The van der Waals surface area contributed by atoms with Crippen molar-refractivity contribution in [3.63, 3.8) is 0 Å². The summed E-state index contributed by atoms with van der Waals surface area (Å²) in [4.78, 5) is 11.8. The van der Waals surface area contributed by atoms with E-state index in [2.05, 4.69) is 5.10 Å². The lowest BCUT2D eigenvalue weighted by atomic mass is 10.1. The molecular formula is C16H15N3O. The van der Waals surface area contributed by atoms with Crippen molar-refractivity contribution in [3.05, 3.63) is 76.1 Å². The molecular weight excluding hydrogens is 250 g/mol. The predicted molar refractivity (Wildman–Crippen MR) is 79.4 cm³/mol. The Bertz CT molecular complexity index is 791. The van der Waals surface area contributed by atoms with Gasteiger partial charge in [-0.1, -0.05) is 36.4 Å². The molecule has 3 rings (SSSR count). The average molecular weight is 265 g/mol. The van der Waals surface area contributed by atoms with Crippen LogP contribution in [-0.4, -0.2) is 9.78 Å². The molecule has 0 spiro atoms. The van der Waals surface area contributed by atoms with Crippen molar-refractivity contribution >= 4 is 10.9 Å². The fraction of sp³-hybridized carbons (Fsp3) is 0.125. The van der Waals surface area contributed by atoms with Crippen LogP contribution in [0.3, 0.4) is 0 Å². The third kappa shape index (κ3) is 2.33. The largest absolute Gasteiger partial charge is 0.326 e. The number of rotatable bonds is 3. The summed E-state index contributed by atoms with van der Waals surface area (Å²) in [6.45, 7) is 1.17. The molecule has 0 amide bonds. The van der Waals surface area contributed by atoms with Crippen molar-refractivity contribution in [2.24, 2.45) is 5.73 Å². The molecule has 0 fully saturated rings. The standard InChI is InChI=1S/C16H15N3O/c17-9-12-5-7-13(8-6-12)11-19-15-4-2-1-3-14(15)16(20)10-18-19/h1-8,10H,9,11,17H2. The minimum atomic E-state index is -0.0460. The van der Waals surface area contributed by atoms with Gasteiger partial charge < -0.3 is 5.73 Å². The molecule has 0 bridgehead atoms. The molecule has 3 aromatic rings. The van der Waals surface area contributed by atoms with E-state index in [-0.39, 0.29) is 5.43 Å². The second-order valence-corrected chi connectivity index (χ2v) is 4.70. The van der Waals surface area contributed by atoms with Crippen molar-refractivity contribution in [2.45, 2.75) is 13.1 Å². The summed E-state index contributed by atoms with van der Waals surface area (Å²) < 4.78 is 1.84. The molecule has 2 N–H and O–H groups in total. The van der Waals surface area contributed by atoms with Gasteiger partial charge in [-0.05, 0) is 23.3 Å². The fourth-order valence-corrected chi connectivity index (χ4v) is 2.24. The summed E-state index contributed by atoms with van der Waals surface area (Å²) in [6.07, 6.45) is 1.37. The fourth-order valence-electron chi connectivity index (χ4n) is 2.24. The lowest BCUT2D eigenvalue weighted by molar-refractivity contribution is 0.694. The minimum Gasteiger partial charge on any atom is -0.326 e. The van der Waals surface area contributed by atoms with Gasteiger partial charge in [0.05, 0.1) is 18.3 Å². The normalized spacial score (nSPS) is 10.8. The maximum atomic E-state index is 11.8. The zero-order valence-electron chi connectivity index (χ0n) is 11.0. The van der Waals surface area contributed by atoms with Gasteiger partial charge in [-0.2, -0.15) is 5.10 Å². The highest BCUT2D eigenvalue weighted by Gasteiger charge is 2.03. The van der Waals surface area contributed by atoms with Gasteiger partial charge in [-0.3, -0.25) is 9.48 Å². The van der Waals surface area contributed by atoms with Crippen LogP contribution in [0.15, 0.2) is 59.5 Å². The van der Waals surface area contributed by atoms with Crippen LogP contribution in [0.25, 0.3) is 10.9 Å². The van der Waals surface area contributed by atoms with Gasteiger partial charge in [0.15, 0.2) is 0 Å². The lowest BCUT2D eigenvalue weighted by Crippen LogP contribution is -2.12. The quantitative estimate of drug-likeness (QED) is 0.786. The van der Waals surface area contributed by atoms with Crippen LogP contribution in [0, 0.1) is 0 Å². The first kappa shape index (κ1) is 12.6. The van der Waals surface area contributed by atoms with Crippen molar-refractivity contribution in [1.29, 1.82) is 0 Å². The van der Waals surface area contributed by atoms with Crippen LogP contribution in [0.4, 0.5) is 0 Å². The first-order valence-electron chi connectivity index (χ1n) is 6.50. The summed E-state index contributed by atoms with van der Waals surface area (Å²) in [5, 5.41) is 4.92. The number of benzene rings is 2. The third-order valence-electron chi connectivity index (χ3n) is 3.35. The highest BCUT2D eigenvalue weighted by Crippen LogP contribution is 2.11. The molecule has 0 radical (unpaired) electrons. The molecule has 0 saturated carbocycles. The van der Waals surface area contributed by atoms with Crippen LogP contribution < -0.4 is 11.2 Å². The summed E-state index contributed by atoms with van der Waals surface area (Å²) in [5.41, 5.74) is 8.63. The van der Waals surface area contributed by atoms with E-state index < -0.39 is 0 Å². The zero-order chi connectivity index (χ0) is 13.9. The predicted octanol–water partition coefficient (Wildman–Crippen LogP) is 1.90. The molecule has 4 nitrogen and oxygen atoms in total. The molecule has 100 valence electrons. The summed E-state index contributed by atoms with van der Waals surface area (Å²) in [6, 6.07) is 15.6. The van der Waals surface area contributed by atoms with E-state index in [0.29, 0.717) is 18.5 Å². The molecule has 0 saturated heterocycles. The maximum absolute atomic E-state index is 11.8. The van der Waals surface area contributed by atoms with E-state index in [1.54, 1.807) is 0 Å². The number of nitrogens with two attached hydrogens (primary N) is 1. The Morgan fingerprint density at radius 1 is 1.00 bits per heavy atom. The number of hydrogen-bond acceptors (Lipinski definition) is 3. The number of aromatic nitrogens is 2. The number of nitrogens with zero attached hydrogens (tertiary/aromatic N) is 2. The van der Waals surface area contributed by atoms with Crippen molar-refractivity contribution < 1.29 is 0 Å². The van der Waals surface area contributed by atoms with E-state index >= 15 is 0 Å². The van der Waals surface area contributed by atoms with Crippen LogP contribution >= 0.6 is 0 Å². The van der Waals surface area contributed by atoms with Crippen molar-refractivity contribution in [2.75, 3.05) is 0 Å². The molecule has 4 heteroatoms. The third-order valence-corrected chi connectivity index (χ3v) is 3.35. The maximum Gasteiger partial charge on any atom is 0.207 e. The van der Waals surface area contributed by atoms with Gasteiger partial charge in [0, 0.05) is 11.9 Å². The number of hydrogen-bond donors (Lipinski definition) is 1. The van der Waals surface area contributed by atoms with Gasteiger partial charge in [0.25, 0.3) is 0 Å². The van der Waals surface area contributed by atoms with E-state index in [4.69, 9.17) is 5.73 Å². The Morgan fingerprint density at radius 2 is 1.70 bits per heavy atom. The molecule has 0 aliphatic carbocycles. The SMILES string of the molecule is NCc1ccc(Cn2ncc(=O)c3ccccc32)cc1. The van der Waals surface area contributed by atoms with Crippen molar-refractivity contribution in [3.8, 4) is 0 Å². The highest BCUT2D eigenvalue weighted by atomic mass is 16.1. The summed E-state index contributed by atoms with van der Waals surface area (Å²) in [5.74, 6) is 0. The van der Waals surface area contributed by atoms with Crippen LogP contribution in [0.2, 0.25) is 0 Å². The Labute approximate surface area is 116 Å². The smallest absolute Gasteiger partial charge is 0.207 e. The lowest BCUT2D eigenvalue weighted by Gasteiger charge is -2.09. The van der Waals surface area contributed by atoms with Crippen LogP contribution in [-0.2, 0) is 13.1 Å². The monoisotopic (exact) mass is 265 g/mol. The van der Waals surface area contributed by atoms with Gasteiger partial charge in [0.2, 0.25) is 5.43 Å². The molecule has 2 aromatic carbocycles. The van der Waals surface area contributed by atoms with E-state index in [1.807, 2.05) is 53.2 Å². The van der Waals surface area contributed by atoms with Gasteiger partial charge in [0.1, 0.15) is 0 Å². The average Bonchev–Trinajstić information content (AvgIpc) is 2.51. The zero-order valence-corrected chi connectivity index (χ0v) is 11.0. The second kappa shape index (κ2) is 5.27. The van der Waals surface area contributed by atoms with Crippen LogP contribution in [0.5, 0.6) is 0 Å². The number of para-hydroxylation sites is 1. The topological polar surface area (TPSA) is 60.9 Å². The summed E-state index contributed by atoms with van der Waals surface area (Å²) in [7, 11) is 0. The van der Waals surface area contributed by atoms with Gasteiger partial charge in [-0.15, -0.1) is 0 Å². The molecule has 0 aliphatic rings. The molecule has 0 atom stereocenters. The molecule has 1 heterocycles. The van der Waals surface area contributed by atoms with E-state index in [0.717, 1.165) is 16.6 Å². The Hall–Kier alpha value is -2.46. The van der Waals surface area contributed by atoms with E-state index in [1.165, 1.54) is 6.20 Å². The molecule has 1 aromatic heterocycles. The summed E-state index contributed by atoms with van der Waals surface area (Å²) >= 11 is 0. The Balaban J connectivity index is 2.02. The number of fused-ring (bicyclic) bond motifs is 1. The first-order valence-corrected chi connectivity index (χ1v) is 6.50. The van der Waals surface area contributed by atoms with Gasteiger partial charge >= 0.3 is 0 Å². The van der Waals surface area contributed by atoms with Gasteiger partial charge in [-0.25, -0.2) is 0 Å². The Morgan fingerprint density at radius 3 is 2.45 bits per heavy atom. The Kier molecular flexibility index (Phi) is 3.31. The second-order valence-electron chi connectivity index (χ2n) is 4.70. The van der Waals surface area contributed by atoms with Crippen LogP contribution in [0.1, 0.15) is 11.1 Å². The molecule has 0 aliphatic heterocycles. The van der Waals surface area contributed by atoms with E-state index in [9.17, 15) is 4.79 Å². The van der Waals surface area contributed by atoms with Crippen molar-refractivity contribution in [1.82, 2.24) is 9.78 Å². The molecule has 20 heavy (non-hydrogen) atoms. The highest BCUT2D eigenvalue weighted by molar-refractivity contribution is 5.77. The minimum absolute atomic E-state index is 0.0460. The molecule has 0 unspecified atom stereocenters.